The summed E-state index contributed by atoms with van der Waals surface area (Å²) < 4.78 is 0. The van der Waals surface area contributed by atoms with Crippen LogP contribution in [-0.2, 0) is 30.0 Å². The van der Waals surface area contributed by atoms with E-state index in [1.165, 1.54) is 44.4 Å². The van der Waals surface area contributed by atoms with Crippen LogP contribution in [0.1, 0.15) is 25.0 Å². The maximum Gasteiger partial charge on any atom is 0.266 e. The van der Waals surface area contributed by atoms with Gasteiger partial charge in [0.15, 0.2) is 4.87 Å². The lowest BCUT2D eigenvalue weighted by atomic mass is 9.52. The zero-order valence-electron chi connectivity index (χ0n) is 25.9. The van der Waals surface area contributed by atoms with Crippen LogP contribution in [0.2, 0.25) is 0 Å². The molecule has 48 heavy (non-hydrogen) atoms. The molecule has 12 rings (SSSR count). The minimum Gasteiger partial charge on any atom is -0.389 e. The zero-order chi connectivity index (χ0) is 33.7. The van der Waals surface area contributed by atoms with Crippen LogP contribution >= 0.6 is 43.2 Å². The van der Waals surface area contributed by atoms with E-state index in [0.29, 0.717) is 22.5 Å². The number of anilines is 2. The summed E-state index contributed by atoms with van der Waals surface area (Å²) in [6, 6.07) is 14.5. The van der Waals surface area contributed by atoms with Crippen molar-refractivity contribution in [2.45, 2.75) is 74.8 Å². The van der Waals surface area contributed by atoms with Crippen LogP contribution in [-0.4, -0.2) is 123 Å². The molecule has 13 nitrogen and oxygen atoms in total. The lowest BCUT2D eigenvalue weighted by Gasteiger charge is -2.59. The number of nitrogens with one attached hydrogen (secondary N) is 2. The van der Waals surface area contributed by atoms with Crippen LogP contribution in [0.15, 0.2) is 48.5 Å². The summed E-state index contributed by atoms with van der Waals surface area (Å²) in [5, 5.41) is 44.8. The molecule has 4 amide bonds. The fourth-order valence-corrected chi connectivity index (χ4v) is 17.7. The van der Waals surface area contributed by atoms with Gasteiger partial charge in [-0.2, -0.15) is 0 Å². The third-order valence-electron chi connectivity index (χ3n) is 12.4. The number of aliphatic hydroxyl groups excluding tert-OH is 3. The number of fused-ring (bicyclic) bond motifs is 11. The Morgan fingerprint density at radius 2 is 1.15 bits per heavy atom. The summed E-state index contributed by atoms with van der Waals surface area (Å²) in [6.07, 6.45) is -6.80. The smallest absolute Gasteiger partial charge is 0.266 e. The molecule has 8 saturated heterocycles. The minimum absolute atomic E-state index is 0.374. The van der Waals surface area contributed by atoms with Crippen LogP contribution < -0.4 is 10.6 Å². The summed E-state index contributed by atoms with van der Waals surface area (Å²) in [5.74, 6) is -1.94. The van der Waals surface area contributed by atoms with E-state index in [4.69, 9.17) is 0 Å². The number of aliphatic hydroxyl groups is 3. The monoisotopic (exact) mass is 726 g/mol. The van der Waals surface area contributed by atoms with Gasteiger partial charge in [-0.25, -0.2) is 0 Å². The summed E-state index contributed by atoms with van der Waals surface area (Å²) >= 11 is 0. The van der Waals surface area contributed by atoms with E-state index in [1.807, 2.05) is 36.4 Å². The number of carbonyl (C=O) groups is 4. The Morgan fingerprint density at radius 3 is 1.67 bits per heavy atom. The van der Waals surface area contributed by atoms with Crippen LogP contribution in [0.4, 0.5) is 11.4 Å². The second-order valence-corrected chi connectivity index (χ2v) is 19.2. The molecule has 10 aliphatic heterocycles. The highest BCUT2D eigenvalue weighted by molar-refractivity contribution is 8.78. The van der Waals surface area contributed by atoms with Crippen molar-refractivity contribution in [1.29, 1.82) is 0 Å². The number of para-hydroxylation sites is 2. The molecule has 0 radical (unpaired) electrons. The van der Waals surface area contributed by atoms with Gasteiger partial charge in [-0.15, -0.1) is 0 Å². The van der Waals surface area contributed by atoms with E-state index in [2.05, 4.69) is 10.6 Å². The Kier molecular flexibility index (Phi) is 5.36. The topological polar surface area (TPSA) is 166 Å². The number of likely N-dealkylation sites (N-methyl/N-ethyl adjacent to an activating group) is 2. The Bertz CT molecular complexity index is 1950. The zero-order valence-corrected chi connectivity index (χ0v) is 29.2. The maximum atomic E-state index is 14.9. The van der Waals surface area contributed by atoms with Gasteiger partial charge in [-0.1, -0.05) is 47.2 Å². The molecule has 8 fully saturated rings. The van der Waals surface area contributed by atoms with Gasteiger partial charge in [-0.3, -0.25) is 29.0 Å². The molecule has 2 aromatic rings. The van der Waals surface area contributed by atoms with Gasteiger partial charge < -0.3 is 35.8 Å². The molecule has 250 valence electrons. The fourth-order valence-electron chi connectivity index (χ4n) is 10.2. The van der Waals surface area contributed by atoms with Crippen molar-refractivity contribution in [2.75, 3.05) is 24.7 Å². The van der Waals surface area contributed by atoms with Crippen LogP contribution in [0, 0.1) is 0 Å². The Balaban J connectivity index is 1.34. The molecule has 4 bridgehead atoms. The number of carbonyl (C=O) groups excluding carboxylic acids is 4. The van der Waals surface area contributed by atoms with E-state index >= 15 is 0 Å². The highest BCUT2D eigenvalue weighted by Crippen LogP contribution is 2.78. The quantitative estimate of drug-likeness (QED) is 0.275. The standard InChI is InChI=1S/C31H30N6O7S4/c1-13(38)29-25(44)37-21-28(15-10-6-8-12-17(15)33-21,19(40)31(37,48-46-29)24(43)35(29)4)27-14-9-5-7-11-16(14)32-20(27)36-22(41)26(2)34(3)23(42)30(36,18(27)39)47-45-26/h5-13,18-21,32-33,38-40H,1-4H3/t13?,18-,19-,20+,21+,26+,27+,28+,29-,30-,31?/m0/s1. The predicted molar refractivity (Wildman–Crippen MR) is 181 cm³/mol. The third kappa shape index (κ3) is 2.48. The van der Waals surface area contributed by atoms with Gasteiger partial charge in [0.05, 0.1) is 16.9 Å². The van der Waals surface area contributed by atoms with Gasteiger partial charge in [0.25, 0.3) is 23.6 Å². The number of amides is 4. The largest absolute Gasteiger partial charge is 0.389 e. The molecule has 17 heteroatoms. The number of hydrogen-bond acceptors (Lipinski definition) is 13. The second kappa shape index (κ2) is 8.55. The summed E-state index contributed by atoms with van der Waals surface area (Å²) in [5.41, 5.74) is -1.15. The molecule has 10 aliphatic rings. The number of rotatable bonds is 2. The molecule has 10 heterocycles. The van der Waals surface area contributed by atoms with Crippen LogP contribution in [0.5, 0.6) is 0 Å². The van der Waals surface area contributed by atoms with Gasteiger partial charge in [0, 0.05) is 25.5 Å². The molecule has 0 aliphatic carbocycles. The first kappa shape index (κ1) is 30.1. The van der Waals surface area contributed by atoms with Gasteiger partial charge in [-0.05, 0) is 69.5 Å². The average molecular weight is 727 g/mol. The molecule has 11 atom stereocenters. The summed E-state index contributed by atoms with van der Waals surface area (Å²) in [6.45, 7) is 3.16. The highest BCUT2D eigenvalue weighted by Gasteiger charge is 2.93. The van der Waals surface area contributed by atoms with Crippen molar-refractivity contribution in [3.63, 3.8) is 0 Å². The molecule has 2 unspecified atom stereocenters. The SMILES string of the molecule is CC(O)[C@@]12SSC3(C(=O)N1C)[C@@H](O)[C@]1([C@@]45c6ccccc6N[C@@H]4N4C(=O)[C@@]6(C)SS[C@]4(C(=O)N6C)[C@H]5O)c4ccccc4N[C@@H]1N3C2=O. The van der Waals surface area contributed by atoms with E-state index in [-0.39, 0.29) is 5.91 Å². The average Bonchev–Trinajstić information content (AvgIpc) is 3.72. The molecular formula is C31H30N6O7S4. The van der Waals surface area contributed by atoms with Crippen molar-refractivity contribution in [3.05, 3.63) is 59.7 Å². The number of benzene rings is 2. The van der Waals surface area contributed by atoms with Crippen LogP contribution in [0.3, 0.4) is 0 Å². The van der Waals surface area contributed by atoms with Gasteiger partial charge in [0.1, 0.15) is 24.5 Å². The van der Waals surface area contributed by atoms with Crippen molar-refractivity contribution < 1.29 is 34.5 Å². The predicted octanol–water partition coefficient (Wildman–Crippen LogP) is 0.692. The van der Waals surface area contributed by atoms with E-state index < -0.39 is 78.7 Å². The molecule has 2 aromatic carbocycles. The highest BCUT2D eigenvalue weighted by atomic mass is 33.1. The second-order valence-electron chi connectivity index (χ2n) is 13.9. The van der Waals surface area contributed by atoms with Crippen molar-refractivity contribution >= 4 is 78.2 Å². The maximum absolute atomic E-state index is 14.9. The Hall–Kier alpha value is -2.80. The van der Waals surface area contributed by atoms with Crippen molar-refractivity contribution in [3.8, 4) is 0 Å². The number of hydrogen-bond donors (Lipinski definition) is 5. The number of nitrogens with zero attached hydrogens (tertiary/aromatic N) is 4. The normalized spacial score (nSPS) is 46.2. The van der Waals surface area contributed by atoms with Gasteiger partial charge in [0.2, 0.25) is 14.6 Å². The van der Waals surface area contributed by atoms with Crippen molar-refractivity contribution in [1.82, 2.24) is 19.6 Å². The molecule has 0 aromatic heterocycles. The minimum atomic E-state index is -1.88. The lowest BCUT2D eigenvalue weighted by molar-refractivity contribution is -0.172. The summed E-state index contributed by atoms with van der Waals surface area (Å²) in [4.78, 5) is 57.8. The van der Waals surface area contributed by atoms with E-state index in [1.54, 1.807) is 26.1 Å². The van der Waals surface area contributed by atoms with Gasteiger partial charge >= 0.3 is 0 Å². The fraction of sp³-hybridized carbons (Fsp3) is 0.484. The first-order valence-electron chi connectivity index (χ1n) is 15.5. The van der Waals surface area contributed by atoms with Crippen molar-refractivity contribution in [2.24, 2.45) is 0 Å². The molecule has 2 spiro atoms. The Morgan fingerprint density at radius 1 is 0.688 bits per heavy atom. The summed E-state index contributed by atoms with van der Waals surface area (Å²) in [7, 11) is 7.46. The van der Waals surface area contributed by atoms with E-state index in [0.717, 1.165) is 32.4 Å². The number of piperazine rings is 2. The molecular weight excluding hydrogens is 697 g/mol. The van der Waals surface area contributed by atoms with E-state index in [9.17, 15) is 34.5 Å². The molecule has 5 N–H and O–H groups in total. The third-order valence-corrected chi connectivity index (χ3v) is 19.8. The lowest BCUT2D eigenvalue weighted by Crippen LogP contribution is -2.80. The first-order chi connectivity index (χ1) is 22.8. The first-order valence-corrected chi connectivity index (χ1v) is 19.8. The Labute approximate surface area is 290 Å². The van der Waals surface area contributed by atoms with Crippen LogP contribution in [0.25, 0.3) is 0 Å². The molecule has 0 saturated carbocycles.